The van der Waals surface area contributed by atoms with Crippen molar-refractivity contribution in [2.45, 2.75) is 13.8 Å². The van der Waals surface area contributed by atoms with Crippen LogP contribution in [0.5, 0.6) is 0 Å². The van der Waals surface area contributed by atoms with Gasteiger partial charge in [0.15, 0.2) is 5.13 Å². The number of aromatic nitrogens is 1. The van der Waals surface area contributed by atoms with Gasteiger partial charge in [-0.05, 0) is 55.3 Å². The van der Waals surface area contributed by atoms with E-state index in [0.29, 0.717) is 30.5 Å². The second-order valence-corrected chi connectivity index (χ2v) is 8.28. The summed E-state index contributed by atoms with van der Waals surface area (Å²) >= 11 is 1.52. The topological polar surface area (TPSA) is 45.7 Å². The highest BCUT2D eigenvalue weighted by Gasteiger charge is 2.23. The Balaban J connectivity index is 1.66. The van der Waals surface area contributed by atoms with E-state index in [9.17, 15) is 9.18 Å². The van der Waals surface area contributed by atoms with Crippen LogP contribution in [0.1, 0.15) is 21.5 Å². The van der Waals surface area contributed by atoms with Crippen LogP contribution in [0.3, 0.4) is 0 Å². The van der Waals surface area contributed by atoms with Crippen LogP contribution >= 0.6 is 11.3 Å². The molecule has 1 saturated heterocycles. The first-order valence-corrected chi connectivity index (χ1v) is 10.6. The highest BCUT2D eigenvalue weighted by molar-refractivity contribution is 7.22. The number of carbonyl (C=O) groups is 1. The van der Waals surface area contributed by atoms with Crippen molar-refractivity contribution in [3.8, 4) is 0 Å². The molecule has 0 spiro atoms. The molecule has 0 saturated carbocycles. The van der Waals surface area contributed by atoms with Crippen LogP contribution in [0.4, 0.5) is 9.52 Å². The highest BCUT2D eigenvalue weighted by Crippen LogP contribution is 2.32. The average Bonchev–Trinajstić information content (AvgIpc) is 3.17. The number of benzene rings is 2. The van der Waals surface area contributed by atoms with Gasteiger partial charge in [-0.15, -0.1) is 0 Å². The Hall–Kier alpha value is -2.35. The molecule has 0 radical (unpaired) electrons. The van der Waals surface area contributed by atoms with Crippen LogP contribution in [0.25, 0.3) is 10.2 Å². The number of aryl methyl sites for hydroxylation is 2. The Bertz CT molecular complexity index is 1010. The van der Waals surface area contributed by atoms with Crippen molar-refractivity contribution in [1.82, 2.24) is 9.88 Å². The maximum Gasteiger partial charge on any atom is 0.260 e. The van der Waals surface area contributed by atoms with Gasteiger partial charge in [0, 0.05) is 31.7 Å². The lowest BCUT2D eigenvalue weighted by Gasteiger charge is -2.29. The fourth-order valence-corrected chi connectivity index (χ4v) is 4.48. The van der Waals surface area contributed by atoms with Crippen LogP contribution in [0.15, 0.2) is 36.4 Å². The first-order chi connectivity index (χ1) is 14.0. The molecule has 3 aromatic rings. The van der Waals surface area contributed by atoms with E-state index in [1.54, 1.807) is 4.90 Å². The molecule has 29 heavy (non-hydrogen) atoms. The molecule has 0 bridgehead atoms. The lowest BCUT2D eigenvalue weighted by atomic mass is 10.1. The summed E-state index contributed by atoms with van der Waals surface area (Å²) in [5.74, 6) is -0.515. The Kier molecular flexibility index (Phi) is 5.89. The van der Waals surface area contributed by atoms with Gasteiger partial charge >= 0.3 is 0 Å². The van der Waals surface area contributed by atoms with E-state index in [-0.39, 0.29) is 11.7 Å². The first-order valence-electron chi connectivity index (χ1n) is 9.77. The normalized spacial score (nSPS) is 15.0. The number of carbonyl (C=O) groups excluding carboxylic acids is 1. The van der Waals surface area contributed by atoms with Crippen LogP contribution in [-0.2, 0) is 4.74 Å². The van der Waals surface area contributed by atoms with Gasteiger partial charge in [-0.1, -0.05) is 17.4 Å². The van der Waals surface area contributed by atoms with Gasteiger partial charge in [0.25, 0.3) is 5.91 Å². The molecular weight excluding hydrogens is 389 g/mol. The van der Waals surface area contributed by atoms with Gasteiger partial charge in [0.05, 0.1) is 23.4 Å². The minimum Gasteiger partial charge on any atom is -0.379 e. The van der Waals surface area contributed by atoms with Crippen LogP contribution in [0, 0.1) is 19.7 Å². The minimum absolute atomic E-state index is 0.160. The number of amides is 1. The monoisotopic (exact) mass is 413 g/mol. The van der Waals surface area contributed by atoms with E-state index in [0.717, 1.165) is 35.4 Å². The summed E-state index contributed by atoms with van der Waals surface area (Å²) in [7, 11) is 0. The predicted molar refractivity (Wildman–Crippen MR) is 114 cm³/mol. The third kappa shape index (κ3) is 4.32. The molecule has 7 heteroatoms. The molecule has 2 aromatic carbocycles. The average molecular weight is 414 g/mol. The minimum atomic E-state index is -0.354. The quantitative estimate of drug-likeness (QED) is 0.634. The van der Waals surface area contributed by atoms with E-state index >= 15 is 0 Å². The lowest BCUT2D eigenvalue weighted by Crippen LogP contribution is -2.43. The summed E-state index contributed by atoms with van der Waals surface area (Å²) in [4.78, 5) is 22.1. The van der Waals surface area contributed by atoms with Gasteiger partial charge in [-0.2, -0.15) is 0 Å². The summed E-state index contributed by atoms with van der Waals surface area (Å²) in [6.45, 7) is 8.53. The zero-order valence-electron chi connectivity index (χ0n) is 16.7. The summed E-state index contributed by atoms with van der Waals surface area (Å²) in [6.07, 6.45) is 0. The van der Waals surface area contributed by atoms with Crippen molar-refractivity contribution < 1.29 is 13.9 Å². The number of nitrogens with zero attached hydrogens (tertiary/aromatic N) is 3. The van der Waals surface area contributed by atoms with E-state index in [1.165, 1.54) is 41.2 Å². The molecule has 1 aliphatic rings. The largest absolute Gasteiger partial charge is 0.379 e. The lowest BCUT2D eigenvalue weighted by molar-refractivity contribution is 0.0391. The van der Waals surface area contributed by atoms with Gasteiger partial charge in [-0.3, -0.25) is 14.6 Å². The second kappa shape index (κ2) is 8.57. The van der Waals surface area contributed by atoms with Gasteiger partial charge in [-0.25, -0.2) is 9.37 Å². The molecule has 1 aliphatic heterocycles. The smallest absolute Gasteiger partial charge is 0.260 e. The van der Waals surface area contributed by atoms with E-state index < -0.39 is 0 Å². The zero-order valence-corrected chi connectivity index (χ0v) is 17.5. The van der Waals surface area contributed by atoms with Gasteiger partial charge in [0.2, 0.25) is 0 Å². The SMILES string of the molecule is Cc1ccc2sc(N(CCN3CCOCC3)C(=O)c3ccc(F)cc3)nc2c1C. The van der Waals surface area contributed by atoms with E-state index in [4.69, 9.17) is 9.72 Å². The number of thiazole rings is 1. The number of rotatable bonds is 5. The first kappa shape index (κ1) is 19.9. The van der Waals surface area contributed by atoms with Crippen molar-refractivity contribution >= 4 is 32.6 Å². The molecule has 0 unspecified atom stereocenters. The van der Waals surface area contributed by atoms with Crippen molar-refractivity contribution in [3.63, 3.8) is 0 Å². The molecule has 2 heterocycles. The summed E-state index contributed by atoms with van der Waals surface area (Å²) in [5, 5.41) is 0.677. The highest BCUT2D eigenvalue weighted by atomic mass is 32.1. The molecule has 1 aromatic heterocycles. The summed E-state index contributed by atoms with van der Waals surface area (Å²) in [6, 6.07) is 9.84. The second-order valence-electron chi connectivity index (χ2n) is 7.27. The predicted octanol–water partition coefficient (Wildman–Crippen LogP) is 4.03. The molecule has 1 amide bonds. The number of morpholine rings is 1. The van der Waals surface area contributed by atoms with Crippen molar-refractivity contribution in [2.75, 3.05) is 44.3 Å². The van der Waals surface area contributed by atoms with Crippen LogP contribution < -0.4 is 4.90 Å². The molecule has 5 nitrogen and oxygen atoms in total. The molecule has 0 N–H and O–H groups in total. The summed E-state index contributed by atoms with van der Waals surface area (Å²) < 4.78 is 19.8. The van der Waals surface area contributed by atoms with E-state index in [1.807, 2.05) is 0 Å². The molecule has 4 rings (SSSR count). The molecule has 152 valence electrons. The standard InChI is InChI=1S/C22H24FN3O2S/c1-15-3-8-19-20(16(15)2)24-22(29-19)26(10-9-25-11-13-28-14-12-25)21(27)17-4-6-18(23)7-5-17/h3-8H,9-14H2,1-2H3. The third-order valence-corrected chi connectivity index (χ3v) is 6.43. The number of ether oxygens (including phenoxy) is 1. The number of anilines is 1. The molecule has 0 atom stereocenters. The van der Waals surface area contributed by atoms with Gasteiger partial charge < -0.3 is 4.74 Å². The fourth-order valence-electron chi connectivity index (χ4n) is 3.43. The number of hydrogen-bond donors (Lipinski definition) is 0. The fraction of sp³-hybridized carbons (Fsp3) is 0.364. The molecule has 0 aliphatic carbocycles. The third-order valence-electron chi connectivity index (χ3n) is 5.38. The number of halogens is 1. The van der Waals surface area contributed by atoms with Gasteiger partial charge in [0.1, 0.15) is 5.82 Å². The van der Waals surface area contributed by atoms with Crippen molar-refractivity contribution in [2.24, 2.45) is 0 Å². The Morgan fingerprint density at radius 1 is 1.17 bits per heavy atom. The Labute approximate surface area is 173 Å². The maximum absolute atomic E-state index is 13.3. The molecule has 1 fully saturated rings. The van der Waals surface area contributed by atoms with Crippen LogP contribution in [-0.4, -0.2) is 55.2 Å². The Morgan fingerprint density at radius 3 is 2.62 bits per heavy atom. The number of fused-ring (bicyclic) bond motifs is 1. The number of hydrogen-bond acceptors (Lipinski definition) is 5. The maximum atomic E-state index is 13.3. The summed E-state index contributed by atoms with van der Waals surface area (Å²) in [5.41, 5.74) is 3.71. The van der Waals surface area contributed by atoms with Crippen molar-refractivity contribution in [1.29, 1.82) is 0 Å². The van der Waals surface area contributed by atoms with E-state index in [2.05, 4.69) is 30.9 Å². The molecular formula is C22H24FN3O2S. The van der Waals surface area contributed by atoms with Crippen molar-refractivity contribution in [3.05, 3.63) is 58.9 Å². The van der Waals surface area contributed by atoms with Crippen LogP contribution in [0.2, 0.25) is 0 Å². The zero-order chi connectivity index (χ0) is 20.4. The Morgan fingerprint density at radius 2 is 1.90 bits per heavy atom.